The van der Waals surface area contributed by atoms with E-state index in [-0.39, 0.29) is 17.0 Å². The van der Waals surface area contributed by atoms with E-state index in [1.165, 1.54) is 37.7 Å². The van der Waals surface area contributed by atoms with Crippen LogP contribution in [0.4, 0.5) is 4.39 Å². The Morgan fingerprint density at radius 3 is 2.83 bits per heavy atom. The monoisotopic (exact) mass is 266 g/mol. The second-order valence-corrected chi connectivity index (χ2v) is 3.84. The Hall–Kier alpha value is -2.01. The van der Waals surface area contributed by atoms with Crippen LogP contribution in [0.15, 0.2) is 30.6 Å². The average Bonchev–Trinajstić information content (AvgIpc) is 2.40. The Morgan fingerprint density at radius 1 is 1.33 bits per heavy atom. The number of rotatable bonds is 2. The van der Waals surface area contributed by atoms with Crippen molar-refractivity contribution >= 4 is 17.6 Å². The molecule has 0 radical (unpaired) electrons. The highest BCUT2D eigenvalue weighted by Gasteiger charge is 2.12. The average molecular weight is 267 g/mol. The van der Waals surface area contributed by atoms with E-state index in [0.29, 0.717) is 5.02 Å². The van der Waals surface area contributed by atoms with E-state index in [9.17, 15) is 9.18 Å². The van der Waals surface area contributed by atoms with Gasteiger partial charge in [0.05, 0.1) is 12.8 Å². The normalized spacial score (nSPS) is 10.2. The van der Waals surface area contributed by atoms with Crippen LogP contribution >= 0.6 is 11.6 Å². The highest BCUT2D eigenvalue weighted by Crippen LogP contribution is 2.24. The molecular formula is C12H8ClFN2O2. The topological polar surface area (TPSA) is 52.1 Å². The molecule has 92 valence electrons. The van der Waals surface area contributed by atoms with Crippen molar-refractivity contribution < 1.29 is 13.9 Å². The molecule has 0 bridgehead atoms. The molecule has 0 spiro atoms. The Kier molecular flexibility index (Phi) is 3.53. The van der Waals surface area contributed by atoms with Crippen LogP contribution in [-0.2, 0) is 4.74 Å². The van der Waals surface area contributed by atoms with Gasteiger partial charge in [-0.3, -0.25) is 0 Å². The molecule has 0 aliphatic carbocycles. The van der Waals surface area contributed by atoms with Crippen molar-refractivity contribution in [1.82, 2.24) is 9.97 Å². The molecule has 0 amide bonds. The summed E-state index contributed by atoms with van der Waals surface area (Å²) >= 11 is 5.79. The lowest BCUT2D eigenvalue weighted by molar-refractivity contribution is 0.0594. The van der Waals surface area contributed by atoms with Crippen molar-refractivity contribution in [2.45, 2.75) is 0 Å². The van der Waals surface area contributed by atoms with Gasteiger partial charge in [-0.2, -0.15) is 0 Å². The fourth-order valence-electron chi connectivity index (χ4n) is 1.41. The van der Waals surface area contributed by atoms with Gasteiger partial charge in [0.25, 0.3) is 0 Å². The molecule has 0 aliphatic heterocycles. The van der Waals surface area contributed by atoms with Gasteiger partial charge in [0, 0.05) is 10.6 Å². The third-order valence-electron chi connectivity index (χ3n) is 2.27. The fraction of sp³-hybridized carbons (Fsp3) is 0.0833. The Morgan fingerprint density at radius 2 is 2.11 bits per heavy atom. The number of benzene rings is 1. The number of carbonyl (C=O) groups excluding carboxylic acids is 1. The van der Waals surface area contributed by atoms with Crippen molar-refractivity contribution in [3.05, 3.63) is 47.1 Å². The molecule has 1 aromatic carbocycles. The van der Waals surface area contributed by atoms with Gasteiger partial charge in [0.1, 0.15) is 12.1 Å². The molecule has 2 aromatic rings. The van der Waals surface area contributed by atoms with Crippen molar-refractivity contribution in [3.8, 4) is 11.3 Å². The molecule has 4 nitrogen and oxygen atoms in total. The first-order valence-corrected chi connectivity index (χ1v) is 5.35. The molecule has 18 heavy (non-hydrogen) atoms. The second-order valence-electron chi connectivity index (χ2n) is 3.40. The maximum Gasteiger partial charge on any atom is 0.356 e. The summed E-state index contributed by atoms with van der Waals surface area (Å²) in [6, 6.07) is 5.45. The molecule has 0 fully saturated rings. The van der Waals surface area contributed by atoms with Crippen molar-refractivity contribution in [3.63, 3.8) is 0 Å². The van der Waals surface area contributed by atoms with Gasteiger partial charge in [-0.1, -0.05) is 11.6 Å². The molecule has 6 heteroatoms. The van der Waals surface area contributed by atoms with E-state index in [1.54, 1.807) is 0 Å². The Labute approximate surface area is 107 Å². The predicted octanol–water partition coefficient (Wildman–Crippen LogP) is 2.72. The van der Waals surface area contributed by atoms with Gasteiger partial charge < -0.3 is 4.74 Å². The SMILES string of the molecule is COC(=O)c1cc(-c2cc(Cl)ccc2F)ncn1. The number of hydrogen-bond donors (Lipinski definition) is 0. The van der Waals surface area contributed by atoms with Gasteiger partial charge in [0.2, 0.25) is 0 Å². The van der Waals surface area contributed by atoms with E-state index in [2.05, 4.69) is 14.7 Å². The zero-order valence-corrected chi connectivity index (χ0v) is 10.1. The smallest absolute Gasteiger partial charge is 0.356 e. The van der Waals surface area contributed by atoms with Crippen LogP contribution in [0.3, 0.4) is 0 Å². The number of carbonyl (C=O) groups is 1. The van der Waals surface area contributed by atoms with E-state index in [4.69, 9.17) is 11.6 Å². The minimum Gasteiger partial charge on any atom is -0.464 e. The third-order valence-corrected chi connectivity index (χ3v) is 2.50. The molecule has 0 unspecified atom stereocenters. The van der Waals surface area contributed by atoms with Crippen LogP contribution in [0.1, 0.15) is 10.5 Å². The van der Waals surface area contributed by atoms with E-state index < -0.39 is 11.8 Å². The number of nitrogens with zero attached hydrogens (tertiary/aromatic N) is 2. The summed E-state index contributed by atoms with van der Waals surface area (Å²) in [5.41, 5.74) is 0.530. The fourth-order valence-corrected chi connectivity index (χ4v) is 1.59. The first-order valence-electron chi connectivity index (χ1n) is 4.97. The van der Waals surface area contributed by atoms with Crippen LogP contribution < -0.4 is 0 Å². The predicted molar refractivity (Wildman–Crippen MR) is 63.8 cm³/mol. The summed E-state index contributed by atoms with van der Waals surface area (Å²) in [6.45, 7) is 0. The lowest BCUT2D eigenvalue weighted by atomic mass is 10.1. The molecule has 0 aliphatic rings. The second kappa shape index (κ2) is 5.10. The molecule has 2 rings (SSSR count). The minimum absolute atomic E-state index is 0.0573. The molecule has 0 atom stereocenters. The molecule has 1 aromatic heterocycles. The molecule has 0 saturated heterocycles. The van der Waals surface area contributed by atoms with Crippen LogP contribution in [0.2, 0.25) is 5.02 Å². The minimum atomic E-state index is -0.610. The molecule has 0 N–H and O–H groups in total. The molecule has 1 heterocycles. The Bertz CT molecular complexity index is 604. The number of ether oxygens (including phenoxy) is 1. The summed E-state index contributed by atoms with van der Waals surface area (Å²) in [7, 11) is 1.24. The molecule has 0 saturated carbocycles. The van der Waals surface area contributed by atoms with Gasteiger partial charge in [0.15, 0.2) is 5.69 Å². The maximum absolute atomic E-state index is 13.6. The van der Waals surface area contributed by atoms with Gasteiger partial charge in [-0.05, 0) is 24.3 Å². The summed E-state index contributed by atoms with van der Waals surface area (Å²) in [6.07, 6.45) is 1.17. The quantitative estimate of drug-likeness (QED) is 0.784. The van der Waals surface area contributed by atoms with E-state index in [0.717, 1.165) is 0 Å². The summed E-state index contributed by atoms with van der Waals surface area (Å²) in [5, 5.41) is 0.379. The number of esters is 1. The van der Waals surface area contributed by atoms with Crippen LogP contribution in [0, 0.1) is 5.82 Å². The van der Waals surface area contributed by atoms with Crippen molar-refractivity contribution in [2.75, 3.05) is 7.11 Å². The number of hydrogen-bond acceptors (Lipinski definition) is 4. The van der Waals surface area contributed by atoms with E-state index >= 15 is 0 Å². The van der Waals surface area contributed by atoms with E-state index in [1.807, 2.05) is 0 Å². The third kappa shape index (κ3) is 2.46. The molecular weight excluding hydrogens is 259 g/mol. The lowest BCUT2D eigenvalue weighted by Gasteiger charge is -2.04. The number of methoxy groups -OCH3 is 1. The zero-order valence-electron chi connectivity index (χ0n) is 9.35. The van der Waals surface area contributed by atoms with Crippen LogP contribution in [-0.4, -0.2) is 23.0 Å². The standard InChI is InChI=1S/C12H8ClFN2O2/c1-18-12(17)11-5-10(15-6-16-11)8-4-7(13)2-3-9(8)14/h2-6H,1H3. The van der Waals surface area contributed by atoms with Gasteiger partial charge in [-0.15, -0.1) is 0 Å². The first kappa shape index (κ1) is 12.4. The van der Waals surface area contributed by atoms with Crippen molar-refractivity contribution in [1.29, 1.82) is 0 Å². The summed E-state index contributed by atoms with van der Waals surface area (Å²) in [4.78, 5) is 19.0. The van der Waals surface area contributed by atoms with Gasteiger partial charge >= 0.3 is 5.97 Å². The maximum atomic E-state index is 13.6. The largest absolute Gasteiger partial charge is 0.464 e. The highest BCUT2D eigenvalue weighted by atomic mass is 35.5. The van der Waals surface area contributed by atoms with Crippen LogP contribution in [0.25, 0.3) is 11.3 Å². The summed E-state index contributed by atoms with van der Waals surface area (Å²) in [5.74, 6) is -1.09. The summed E-state index contributed by atoms with van der Waals surface area (Å²) < 4.78 is 18.2. The highest BCUT2D eigenvalue weighted by molar-refractivity contribution is 6.30. The Balaban J connectivity index is 2.51. The van der Waals surface area contributed by atoms with Crippen molar-refractivity contribution in [2.24, 2.45) is 0 Å². The number of halogens is 2. The van der Waals surface area contributed by atoms with Gasteiger partial charge in [-0.25, -0.2) is 19.2 Å². The zero-order chi connectivity index (χ0) is 13.1. The van der Waals surface area contributed by atoms with Crippen LogP contribution in [0.5, 0.6) is 0 Å². The number of aromatic nitrogens is 2. The lowest BCUT2D eigenvalue weighted by Crippen LogP contribution is -2.05. The first-order chi connectivity index (χ1) is 8.61.